The number of nitrogens with one attached hydrogen (secondary N) is 1. The molecule has 1 aromatic rings. The summed E-state index contributed by atoms with van der Waals surface area (Å²) in [6, 6.07) is 0. The molecule has 0 atom stereocenters. The smallest absolute Gasteiger partial charge is 0.264 e. The highest BCUT2D eigenvalue weighted by Crippen LogP contribution is 2.35. The van der Waals surface area contributed by atoms with E-state index in [1.54, 1.807) is 6.92 Å². The van der Waals surface area contributed by atoms with Crippen LogP contribution in [0.25, 0.3) is 0 Å². The molecular formula is C12H19N3O2S. The fourth-order valence-corrected chi connectivity index (χ4v) is 3.05. The molecule has 2 rings (SSSR count). The molecule has 0 spiro atoms. The Kier molecular flexibility index (Phi) is 4.29. The highest BCUT2D eigenvalue weighted by atomic mass is 32.1. The number of carbonyl (C=O) groups excluding carboxylic acids is 1. The maximum atomic E-state index is 12.0. The molecule has 0 saturated heterocycles. The van der Waals surface area contributed by atoms with Crippen LogP contribution in [0.2, 0.25) is 0 Å². The lowest BCUT2D eigenvalue weighted by Crippen LogP contribution is -2.41. The summed E-state index contributed by atoms with van der Waals surface area (Å²) in [6.45, 7) is 2.47. The topological polar surface area (TPSA) is 75.1 Å². The van der Waals surface area contributed by atoms with Gasteiger partial charge in [0.05, 0.1) is 12.3 Å². The van der Waals surface area contributed by atoms with Crippen LogP contribution in [0.1, 0.15) is 47.5 Å². The first-order valence-electron chi connectivity index (χ1n) is 6.35. The first-order valence-corrected chi connectivity index (χ1v) is 7.12. The fraction of sp³-hybridized carbons (Fsp3) is 0.750. The molecule has 1 aromatic heterocycles. The lowest BCUT2D eigenvalue weighted by molar-refractivity contribution is 0.0719. The van der Waals surface area contributed by atoms with E-state index in [9.17, 15) is 9.90 Å². The van der Waals surface area contributed by atoms with Crippen LogP contribution in [-0.4, -0.2) is 33.8 Å². The van der Waals surface area contributed by atoms with Crippen molar-refractivity contribution < 1.29 is 9.90 Å². The van der Waals surface area contributed by atoms with Gasteiger partial charge in [0.15, 0.2) is 0 Å². The SMILES string of the molecule is Cc1nnsc1C(=O)NCC1(CO)CCCCC1. The van der Waals surface area contributed by atoms with Crippen LogP contribution in [0.15, 0.2) is 0 Å². The maximum absolute atomic E-state index is 12.0. The van der Waals surface area contributed by atoms with Crippen molar-refractivity contribution in [3.8, 4) is 0 Å². The molecule has 2 N–H and O–H groups in total. The summed E-state index contributed by atoms with van der Waals surface area (Å²) in [6.07, 6.45) is 5.48. The van der Waals surface area contributed by atoms with Gasteiger partial charge in [-0.3, -0.25) is 4.79 Å². The molecule has 0 bridgehead atoms. The first-order chi connectivity index (χ1) is 8.67. The van der Waals surface area contributed by atoms with E-state index in [4.69, 9.17) is 0 Å². The summed E-state index contributed by atoms with van der Waals surface area (Å²) in [5.41, 5.74) is 0.541. The van der Waals surface area contributed by atoms with Crippen molar-refractivity contribution in [1.82, 2.24) is 14.9 Å². The fourth-order valence-electron chi connectivity index (χ4n) is 2.48. The summed E-state index contributed by atoms with van der Waals surface area (Å²) in [4.78, 5) is 12.5. The molecule has 0 radical (unpaired) electrons. The van der Waals surface area contributed by atoms with E-state index in [2.05, 4.69) is 14.9 Å². The zero-order valence-electron chi connectivity index (χ0n) is 10.6. The van der Waals surface area contributed by atoms with Gasteiger partial charge < -0.3 is 10.4 Å². The number of carbonyl (C=O) groups is 1. The van der Waals surface area contributed by atoms with Gasteiger partial charge in [0.1, 0.15) is 4.88 Å². The van der Waals surface area contributed by atoms with E-state index >= 15 is 0 Å². The third kappa shape index (κ3) is 2.87. The lowest BCUT2D eigenvalue weighted by Gasteiger charge is -2.35. The van der Waals surface area contributed by atoms with Crippen molar-refractivity contribution in [1.29, 1.82) is 0 Å². The average Bonchev–Trinajstić information content (AvgIpc) is 2.83. The van der Waals surface area contributed by atoms with E-state index in [1.165, 1.54) is 6.42 Å². The van der Waals surface area contributed by atoms with Gasteiger partial charge in [-0.2, -0.15) is 0 Å². The van der Waals surface area contributed by atoms with Crippen LogP contribution >= 0.6 is 11.5 Å². The van der Waals surface area contributed by atoms with Crippen molar-refractivity contribution in [3.05, 3.63) is 10.6 Å². The third-order valence-corrected chi connectivity index (χ3v) is 4.56. The summed E-state index contributed by atoms with van der Waals surface area (Å²) in [7, 11) is 0. The molecule has 100 valence electrons. The zero-order chi connectivity index (χ0) is 13.0. The van der Waals surface area contributed by atoms with Gasteiger partial charge in [0.2, 0.25) is 0 Å². The highest BCUT2D eigenvalue weighted by Gasteiger charge is 2.32. The van der Waals surface area contributed by atoms with Crippen molar-refractivity contribution in [3.63, 3.8) is 0 Å². The Morgan fingerprint density at radius 2 is 2.17 bits per heavy atom. The van der Waals surface area contributed by atoms with Gasteiger partial charge in [-0.05, 0) is 31.3 Å². The molecule has 1 heterocycles. The molecule has 1 fully saturated rings. The zero-order valence-corrected chi connectivity index (χ0v) is 11.4. The standard InChI is InChI=1S/C12H19N3O2S/c1-9-10(18-15-14-9)11(17)13-7-12(8-16)5-3-2-4-6-12/h16H,2-8H2,1H3,(H,13,17). The maximum Gasteiger partial charge on any atom is 0.264 e. The van der Waals surface area contributed by atoms with E-state index in [-0.39, 0.29) is 17.9 Å². The molecule has 1 aliphatic rings. The summed E-state index contributed by atoms with van der Waals surface area (Å²) < 4.78 is 3.76. The number of aryl methyl sites for hydroxylation is 1. The van der Waals surface area contributed by atoms with Gasteiger partial charge >= 0.3 is 0 Å². The average molecular weight is 269 g/mol. The lowest BCUT2D eigenvalue weighted by atomic mass is 9.74. The molecule has 0 aliphatic heterocycles. The summed E-state index contributed by atoms with van der Waals surface area (Å²) in [5, 5.41) is 16.3. The van der Waals surface area contributed by atoms with Crippen LogP contribution in [0.4, 0.5) is 0 Å². The molecule has 5 nitrogen and oxygen atoms in total. The van der Waals surface area contributed by atoms with Crippen LogP contribution in [-0.2, 0) is 0 Å². The van der Waals surface area contributed by atoms with Gasteiger partial charge in [0.25, 0.3) is 5.91 Å². The number of aliphatic hydroxyl groups excluding tert-OH is 1. The van der Waals surface area contributed by atoms with E-state index in [0.717, 1.165) is 37.2 Å². The number of rotatable bonds is 4. The van der Waals surface area contributed by atoms with Crippen molar-refractivity contribution in [2.24, 2.45) is 5.41 Å². The number of aromatic nitrogens is 2. The van der Waals surface area contributed by atoms with Crippen molar-refractivity contribution >= 4 is 17.4 Å². The number of aliphatic hydroxyl groups is 1. The van der Waals surface area contributed by atoms with E-state index in [0.29, 0.717) is 17.1 Å². The number of amides is 1. The molecular weight excluding hydrogens is 250 g/mol. The number of hydrogen-bond acceptors (Lipinski definition) is 5. The second-order valence-corrected chi connectivity index (χ2v) is 5.84. The van der Waals surface area contributed by atoms with Crippen molar-refractivity contribution in [2.75, 3.05) is 13.2 Å². The third-order valence-electron chi connectivity index (χ3n) is 3.73. The van der Waals surface area contributed by atoms with Gasteiger partial charge in [-0.1, -0.05) is 23.8 Å². The Hall–Kier alpha value is -1.01. The summed E-state index contributed by atoms with van der Waals surface area (Å²) >= 11 is 1.12. The molecule has 1 amide bonds. The van der Waals surface area contributed by atoms with Gasteiger partial charge in [-0.15, -0.1) is 5.10 Å². The van der Waals surface area contributed by atoms with Gasteiger partial charge in [0, 0.05) is 12.0 Å². The second kappa shape index (κ2) is 5.75. The minimum absolute atomic E-state index is 0.124. The largest absolute Gasteiger partial charge is 0.396 e. The van der Waals surface area contributed by atoms with Crippen LogP contribution < -0.4 is 5.32 Å². The Morgan fingerprint density at radius 1 is 1.44 bits per heavy atom. The monoisotopic (exact) mass is 269 g/mol. The number of nitrogens with zero attached hydrogens (tertiary/aromatic N) is 2. The Morgan fingerprint density at radius 3 is 2.72 bits per heavy atom. The minimum Gasteiger partial charge on any atom is -0.396 e. The van der Waals surface area contributed by atoms with E-state index < -0.39 is 0 Å². The van der Waals surface area contributed by atoms with Crippen molar-refractivity contribution in [2.45, 2.75) is 39.0 Å². The normalized spacial score (nSPS) is 18.6. The molecule has 0 aromatic carbocycles. The summed E-state index contributed by atoms with van der Waals surface area (Å²) in [5.74, 6) is -0.124. The second-order valence-electron chi connectivity index (χ2n) is 5.09. The quantitative estimate of drug-likeness (QED) is 0.869. The number of hydrogen-bond donors (Lipinski definition) is 2. The Bertz CT molecular complexity index is 413. The molecule has 18 heavy (non-hydrogen) atoms. The van der Waals surface area contributed by atoms with Gasteiger partial charge in [-0.25, -0.2) is 0 Å². The highest BCUT2D eigenvalue weighted by molar-refractivity contribution is 7.07. The molecule has 1 saturated carbocycles. The predicted octanol–water partition coefficient (Wildman–Crippen LogP) is 1.52. The Labute approximate surface area is 111 Å². The first kappa shape index (κ1) is 13.4. The van der Waals surface area contributed by atoms with Crippen LogP contribution in [0, 0.1) is 12.3 Å². The van der Waals surface area contributed by atoms with E-state index in [1.807, 2.05) is 0 Å². The minimum atomic E-state index is -0.125. The predicted molar refractivity (Wildman–Crippen MR) is 69.6 cm³/mol. The molecule has 6 heteroatoms. The van der Waals surface area contributed by atoms with Crippen LogP contribution in [0.3, 0.4) is 0 Å². The molecule has 1 aliphatic carbocycles. The Balaban J connectivity index is 1.94. The van der Waals surface area contributed by atoms with Crippen LogP contribution in [0.5, 0.6) is 0 Å². The molecule has 0 unspecified atom stereocenters.